The molecule has 18 heavy (non-hydrogen) atoms. The molecule has 0 aliphatic rings. The summed E-state index contributed by atoms with van der Waals surface area (Å²) in [5.74, 6) is 0.907. The molecular weight excluding hydrogens is 226 g/mol. The van der Waals surface area contributed by atoms with Crippen LogP contribution in [0.4, 0.5) is 0 Å². The van der Waals surface area contributed by atoms with Crippen LogP contribution in [0.5, 0.6) is 0 Å². The molecule has 0 aliphatic heterocycles. The van der Waals surface area contributed by atoms with E-state index in [9.17, 15) is 0 Å². The standard InChI is InChI=1S/C15H21NO2/c1-10-6-7-12-11(8-10)9-13(18-12)14(16-4)15(2,3)17-5/h6-9,14,16H,1-5H3. The molecule has 0 bridgehead atoms. The van der Waals surface area contributed by atoms with E-state index in [1.54, 1.807) is 7.11 Å². The Morgan fingerprint density at radius 2 is 2.00 bits per heavy atom. The minimum Gasteiger partial charge on any atom is -0.459 e. The second kappa shape index (κ2) is 4.75. The second-order valence-electron chi connectivity index (χ2n) is 5.22. The third-order valence-corrected chi connectivity index (χ3v) is 3.49. The number of aryl methyl sites for hydroxylation is 1. The van der Waals surface area contributed by atoms with Crippen LogP contribution in [0.2, 0.25) is 0 Å². The fourth-order valence-corrected chi connectivity index (χ4v) is 2.28. The van der Waals surface area contributed by atoms with Crippen LogP contribution in [0.3, 0.4) is 0 Å². The van der Waals surface area contributed by atoms with Crippen molar-refractivity contribution in [3.8, 4) is 0 Å². The van der Waals surface area contributed by atoms with E-state index in [0.29, 0.717) is 0 Å². The molecule has 2 rings (SSSR count). The second-order valence-corrected chi connectivity index (χ2v) is 5.22. The highest BCUT2D eigenvalue weighted by Crippen LogP contribution is 2.32. The predicted octanol–water partition coefficient (Wildman–Crippen LogP) is 3.43. The molecule has 0 amide bonds. The minimum atomic E-state index is -0.322. The number of hydrogen-bond acceptors (Lipinski definition) is 3. The molecule has 0 aliphatic carbocycles. The first-order valence-corrected chi connectivity index (χ1v) is 6.20. The lowest BCUT2D eigenvalue weighted by Gasteiger charge is -2.31. The SMILES string of the molecule is CNC(c1cc2cc(C)ccc2o1)C(C)(C)OC. The summed E-state index contributed by atoms with van der Waals surface area (Å²) >= 11 is 0. The van der Waals surface area contributed by atoms with Crippen LogP contribution in [0.25, 0.3) is 11.0 Å². The predicted molar refractivity (Wildman–Crippen MR) is 73.8 cm³/mol. The largest absolute Gasteiger partial charge is 0.459 e. The smallest absolute Gasteiger partial charge is 0.134 e. The first-order chi connectivity index (χ1) is 8.47. The number of likely N-dealkylation sites (N-methyl/N-ethyl adjacent to an activating group) is 1. The van der Waals surface area contributed by atoms with Crippen molar-refractivity contribution in [2.45, 2.75) is 32.4 Å². The molecule has 0 saturated heterocycles. The summed E-state index contributed by atoms with van der Waals surface area (Å²) in [6.07, 6.45) is 0. The van der Waals surface area contributed by atoms with Gasteiger partial charge in [0.15, 0.2) is 0 Å². The van der Waals surface area contributed by atoms with Gasteiger partial charge in [-0.1, -0.05) is 11.6 Å². The fourth-order valence-electron chi connectivity index (χ4n) is 2.28. The molecule has 0 radical (unpaired) electrons. The maximum absolute atomic E-state index is 5.92. The van der Waals surface area contributed by atoms with E-state index in [0.717, 1.165) is 16.7 Å². The lowest BCUT2D eigenvalue weighted by Crippen LogP contribution is -2.38. The summed E-state index contributed by atoms with van der Waals surface area (Å²) in [7, 11) is 3.64. The van der Waals surface area contributed by atoms with Crippen molar-refractivity contribution >= 4 is 11.0 Å². The van der Waals surface area contributed by atoms with Gasteiger partial charge in [0, 0.05) is 12.5 Å². The molecule has 1 aromatic carbocycles. The Bertz CT molecular complexity index is 542. The van der Waals surface area contributed by atoms with Crippen LogP contribution in [-0.2, 0) is 4.74 Å². The van der Waals surface area contributed by atoms with Crippen molar-refractivity contribution in [1.29, 1.82) is 0 Å². The third-order valence-electron chi connectivity index (χ3n) is 3.49. The van der Waals surface area contributed by atoms with Crippen molar-refractivity contribution in [2.24, 2.45) is 0 Å². The number of ether oxygens (including phenoxy) is 1. The minimum absolute atomic E-state index is 0.0233. The zero-order valence-corrected chi connectivity index (χ0v) is 11.7. The number of rotatable bonds is 4. The van der Waals surface area contributed by atoms with Gasteiger partial charge in [-0.05, 0) is 46.0 Å². The van der Waals surface area contributed by atoms with Crippen LogP contribution < -0.4 is 5.32 Å². The summed E-state index contributed by atoms with van der Waals surface area (Å²) in [4.78, 5) is 0. The van der Waals surface area contributed by atoms with E-state index < -0.39 is 0 Å². The molecule has 3 heteroatoms. The Morgan fingerprint density at radius 3 is 2.61 bits per heavy atom. The molecule has 2 aromatic rings. The summed E-state index contributed by atoms with van der Waals surface area (Å²) in [6, 6.07) is 8.32. The number of hydrogen-bond donors (Lipinski definition) is 1. The normalized spacial score (nSPS) is 14.1. The van der Waals surface area contributed by atoms with E-state index in [1.807, 2.05) is 27.0 Å². The van der Waals surface area contributed by atoms with Gasteiger partial charge in [-0.25, -0.2) is 0 Å². The van der Waals surface area contributed by atoms with Crippen molar-refractivity contribution < 1.29 is 9.15 Å². The molecule has 0 saturated carbocycles. The molecular formula is C15H21NO2. The Morgan fingerprint density at radius 1 is 1.28 bits per heavy atom. The summed E-state index contributed by atoms with van der Waals surface area (Å²) < 4.78 is 11.5. The van der Waals surface area contributed by atoms with Crippen LogP contribution in [0, 0.1) is 6.92 Å². The molecule has 1 aromatic heterocycles. The number of furan rings is 1. The zero-order chi connectivity index (χ0) is 13.3. The summed E-state index contributed by atoms with van der Waals surface area (Å²) in [5.41, 5.74) is 1.84. The molecule has 1 N–H and O–H groups in total. The van der Waals surface area contributed by atoms with Crippen molar-refractivity contribution in [3.63, 3.8) is 0 Å². The zero-order valence-electron chi connectivity index (χ0n) is 11.7. The van der Waals surface area contributed by atoms with Gasteiger partial charge < -0.3 is 14.5 Å². The monoisotopic (exact) mass is 247 g/mol. The highest BCUT2D eigenvalue weighted by molar-refractivity contribution is 5.78. The van der Waals surface area contributed by atoms with Crippen LogP contribution >= 0.6 is 0 Å². The van der Waals surface area contributed by atoms with Crippen molar-refractivity contribution in [3.05, 3.63) is 35.6 Å². The van der Waals surface area contributed by atoms with Gasteiger partial charge in [-0.2, -0.15) is 0 Å². The van der Waals surface area contributed by atoms with E-state index in [2.05, 4.69) is 30.4 Å². The third kappa shape index (κ3) is 2.28. The number of fused-ring (bicyclic) bond motifs is 1. The number of methoxy groups -OCH3 is 1. The summed E-state index contributed by atoms with van der Waals surface area (Å²) in [6.45, 7) is 6.18. The molecule has 1 heterocycles. The molecule has 0 fully saturated rings. The fraction of sp³-hybridized carbons (Fsp3) is 0.467. The van der Waals surface area contributed by atoms with Crippen LogP contribution in [0.1, 0.15) is 31.2 Å². The maximum Gasteiger partial charge on any atom is 0.134 e. The van der Waals surface area contributed by atoms with Crippen molar-refractivity contribution in [2.75, 3.05) is 14.2 Å². The van der Waals surface area contributed by atoms with Gasteiger partial charge >= 0.3 is 0 Å². The maximum atomic E-state index is 5.92. The molecule has 98 valence electrons. The van der Waals surface area contributed by atoms with Crippen LogP contribution in [-0.4, -0.2) is 19.8 Å². The summed E-state index contributed by atoms with van der Waals surface area (Å²) in [5, 5.41) is 4.40. The van der Waals surface area contributed by atoms with Crippen LogP contribution in [0.15, 0.2) is 28.7 Å². The van der Waals surface area contributed by atoms with E-state index in [1.165, 1.54) is 5.56 Å². The van der Waals surface area contributed by atoms with Gasteiger partial charge in [0.2, 0.25) is 0 Å². The average molecular weight is 247 g/mol. The van der Waals surface area contributed by atoms with Gasteiger partial charge in [0.05, 0.1) is 11.6 Å². The Kier molecular flexibility index (Phi) is 3.46. The molecule has 3 nitrogen and oxygen atoms in total. The Balaban J connectivity index is 2.46. The Labute approximate surface area is 108 Å². The van der Waals surface area contributed by atoms with Gasteiger partial charge in [-0.3, -0.25) is 0 Å². The highest BCUT2D eigenvalue weighted by Gasteiger charge is 2.32. The topological polar surface area (TPSA) is 34.4 Å². The van der Waals surface area contributed by atoms with Gasteiger partial charge in [0.25, 0.3) is 0 Å². The molecule has 1 atom stereocenters. The van der Waals surface area contributed by atoms with Crippen molar-refractivity contribution in [1.82, 2.24) is 5.32 Å². The first kappa shape index (κ1) is 13.1. The lowest BCUT2D eigenvalue weighted by molar-refractivity contribution is -0.0143. The van der Waals surface area contributed by atoms with E-state index in [-0.39, 0.29) is 11.6 Å². The lowest BCUT2D eigenvalue weighted by atomic mass is 9.96. The molecule has 1 unspecified atom stereocenters. The van der Waals surface area contributed by atoms with E-state index in [4.69, 9.17) is 9.15 Å². The van der Waals surface area contributed by atoms with Gasteiger partial charge in [-0.15, -0.1) is 0 Å². The van der Waals surface area contributed by atoms with Gasteiger partial charge in [0.1, 0.15) is 11.3 Å². The average Bonchev–Trinajstić information content (AvgIpc) is 2.72. The first-order valence-electron chi connectivity index (χ1n) is 6.20. The highest BCUT2D eigenvalue weighted by atomic mass is 16.5. The molecule has 0 spiro atoms. The quantitative estimate of drug-likeness (QED) is 0.899. The Hall–Kier alpha value is -1.32. The number of nitrogens with one attached hydrogen (secondary N) is 1. The van der Waals surface area contributed by atoms with E-state index >= 15 is 0 Å². The number of benzene rings is 1.